The van der Waals surface area contributed by atoms with Gasteiger partial charge < -0.3 is 10.6 Å². The SMILES string of the molecule is Cc1ccccc1CN(C)c1cc(C(C)N)ccn1. The zero-order valence-electron chi connectivity index (χ0n) is 11.8. The number of benzene rings is 1. The molecule has 2 rings (SSSR count). The predicted molar refractivity (Wildman–Crippen MR) is 80.1 cm³/mol. The van der Waals surface area contributed by atoms with Gasteiger partial charge in [0.15, 0.2) is 0 Å². The molecular formula is C16H21N3. The molecule has 3 nitrogen and oxygen atoms in total. The summed E-state index contributed by atoms with van der Waals surface area (Å²) in [5.41, 5.74) is 9.65. The van der Waals surface area contributed by atoms with Crippen molar-refractivity contribution in [2.75, 3.05) is 11.9 Å². The van der Waals surface area contributed by atoms with Gasteiger partial charge in [-0.15, -0.1) is 0 Å². The highest BCUT2D eigenvalue weighted by molar-refractivity contribution is 5.42. The third kappa shape index (κ3) is 3.32. The van der Waals surface area contributed by atoms with Crippen LogP contribution in [0, 0.1) is 6.92 Å². The van der Waals surface area contributed by atoms with Gasteiger partial charge >= 0.3 is 0 Å². The van der Waals surface area contributed by atoms with Crippen molar-refractivity contribution >= 4 is 5.82 Å². The standard InChI is InChI=1S/C16H21N3/c1-12-6-4-5-7-15(12)11-19(3)16-10-14(13(2)17)8-9-18-16/h4-10,13H,11,17H2,1-3H3. The van der Waals surface area contributed by atoms with Crippen LogP contribution < -0.4 is 10.6 Å². The van der Waals surface area contributed by atoms with Crippen molar-refractivity contribution in [2.45, 2.75) is 26.4 Å². The number of nitrogens with two attached hydrogens (primary N) is 1. The lowest BCUT2D eigenvalue weighted by molar-refractivity contribution is 0.809. The van der Waals surface area contributed by atoms with Crippen molar-refractivity contribution in [2.24, 2.45) is 5.73 Å². The van der Waals surface area contributed by atoms with Crippen molar-refractivity contribution < 1.29 is 0 Å². The summed E-state index contributed by atoms with van der Waals surface area (Å²) in [7, 11) is 2.06. The van der Waals surface area contributed by atoms with Gasteiger partial charge in [0.2, 0.25) is 0 Å². The molecular weight excluding hydrogens is 234 g/mol. The van der Waals surface area contributed by atoms with Gasteiger partial charge in [0.25, 0.3) is 0 Å². The van der Waals surface area contributed by atoms with E-state index in [9.17, 15) is 0 Å². The quantitative estimate of drug-likeness (QED) is 0.913. The van der Waals surface area contributed by atoms with Crippen LogP contribution in [0.1, 0.15) is 29.7 Å². The average molecular weight is 255 g/mol. The van der Waals surface area contributed by atoms with E-state index in [1.54, 1.807) is 0 Å². The second kappa shape index (κ2) is 5.85. The van der Waals surface area contributed by atoms with Crippen molar-refractivity contribution in [3.8, 4) is 0 Å². The highest BCUT2D eigenvalue weighted by atomic mass is 15.2. The molecule has 1 atom stereocenters. The van der Waals surface area contributed by atoms with Crippen molar-refractivity contribution in [3.05, 3.63) is 59.3 Å². The van der Waals surface area contributed by atoms with E-state index >= 15 is 0 Å². The summed E-state index contributed by atoms with van der Waals surface area (Å²) >= 11 is 0. The van der Waals surface area contributed by atoms with E-state index < -0.39 is 0 Å². The highest BCUT2D eigenvalue weighted by Crippen LogP contribution is 2.18. The lowest BCUT2D eigenvalue weighted by Gasteiger charge is -2.20. The molecule has 0 radical (unpaired) electrons. The second-order valence-corrected chi connectivity index (χ2v) is 5.02. The van der Waals surface area contributed by atoms with E-state index in [1.165, 1.54) is 11.1 Å². The Kier molecular flexibility index (Phi) is 4.17. The van der Waals surface area contributed by atoms with Crippen LogP contribution in [0.4, 0.5) is 5.82 Å². The van der Waals surface area contributed by atoms with E-state index in [-0.39, 0.29) is 6.04 Å². The maximum Gasteiger partial charge on any atom is 0.128 e. The third-order valence-corrected chi connectivity index (χ3v) is 3.36. The second-order valence-electron chi connectivity index (χ2n) is 5.02. The summed E-state index contributed by atoms with van der Waals surface area (Å²) in [6.45, 7) is 4.97. The molecule has 2 aromatic rings. The minimum atomic E-state index is 0.0358. The maximum atomic E-state index is 5.91. The molecule has 1 unspecified atom stereocenters. The number of pyridine rings is 1. The van der Waals surface area contributed by atoms with Crippen molar-refractivity contribution in [3.63, 3.8) is 0 Å². The van der Waals surface area contributed by atoms with Gasteiger partial charge in [-0.25, -0.2) is 4.98 Å². The summed E-state index contributed by atoms with van der Waals surface area (Å²) < 4.78 is 0. The number of rotatable bonds is 4. The topological polar surface area (TPSA) is 42.1 Å². The first-order valence-corrected chi connectivity index (χ1v) is 6.55. The molecule has 1 heterocycles. The molecule has 1 aromatic carbocycles. The van der Waals surface area contributed by atoms with Crippen LogP contribution in [0.5, 0.6) is 0 Å². The first kappa shape index (κ1) is 13.6. The molecule has 1 aromatic heterocycles. The van der Waals surface area contributed by atoms with Gasteiger partial charge in [-0.3, -0.25) is 0 Å². The van der Waals surface area contributed by atoms with Gasteiger partial charge in [-0.05, 0) is 42.7 Å². The van der Waals surface area contributed by atoms with Crippen LogP contribution in [-0.2, 0) is 6.54 Å². The smallest absolute Gasteiger partial charge is 0.128 e. The van der Waals surface area contributed by atoms with Gasteiger partial charge in [-0.2, -0.15) is 0 Å². The van der Waals surface area contributed by atoms with Gasteiger partial charge in [0, 0.05) is 25.8 Å². The molecule has 0 amide bonds. The lowest BCUT2D eigenvalue weighted by Crippen LogP contribution is -2.19. The van der Waals surface area contributed by atoms with Crippen molar-refractivity contribution in [1.29, 1.82) is 0 Å². The highest BCUT2D eigenvalue weighted by Gasteiger charge is 2.07. The third-order valence-electron chi connectivity index (χ3n) is 3.36. The summed E-state index contributed by atoms with van der Waals surface area (Å²) in [5.74, 6) is 0.957. The first-order chi connectivity index (χ1) is 9.08. The molecule has 0 aliphatic rings. The number of hydrogen-bond donors (Lipinski definition) is 1. The zero-order chi connectivity index (χ0) is 13.8. The molecule has 3 heteroatoms. The predicted octanol–water partition coefficient (Wildman–Crippen LogP) is 3.05. The molecule has 0 bridgehead atoms. The van der Waals surface area contributed by atoms with Crippen LogP contribution in [0.15, 0.2) is 42.6 Å². The Morgan fingerprint density at radius 3 is 2.68 bits per heavy atom. The largest absolute Gasteiger partial charge is 0.355 e. The first-order valence-electron chi connectivity index (χ1n) is 6.55. The van der Waals surface area contributed by atoms with Crippen LogP contribution >= 0.6 is 0 Å². The monoisotopic (exact) mass is 255 g/mol. The summed E-state index contributed by atoms with van der Waals surface area (Å²) in [5, 5.41) is 0. The van der Waals surface area contributed by atoms with E-state index in [1.807, 2.05) is 19.2 Å². The zero-order valence-corrected chi connectivity index (χ0v) is 11.8. The summed E-state index contributed by atoms with van der Waals surface area (Å²) in [6.07, 6.45) is 1.82. The fourth-order valence-electron chi connectivity index (χ4n) is 2.05. The summed E-state index contributed by atoms with van der Waals surface area (Å²) in [6, 6.07) is 12.5. The summed E-state index contributed by atoms with van der Waals surface area (Å²) in [4.78, 5) is 6.56. The Labute approximate surface area is 115 Å². The molecule has 100 valence electrons. The van der Waals surface area contributed by atoms with Crippen LogP contribution in [0.25, 0.3) is 0 Å². The van der Waals surface area contributed by atoms with E-state index in [0.29, 0.717) is 0 Å². The molecule has 19 heavy (non-hydrogen) atoms. The molecule has 0 aliphatic carbocycles. The van der Waals surface area contributed by atoms with Crippen molar-refractivity contribution in [1.82, 2.24) is 4.98 Å². The molecule has 0 fully saturated rings. The number of hydrogen-bond acceptors (Lipinski definition) is 3. The van der Waals surface area contributed by atoms with Crippen LogP contribution in [0.3, 0.4) is 0 Å². The number of anilines is 1. The van der Waals surface area contributed by atoms with Gasteiger partial charge in [-0.1, -0.05) is 24.3 Å². The fourth-order valence-corrected chi connectivity index (χ4v) is 2.05. The molecule has 0 aliphatic heterocycles. The number of aromatic nitrogens is 1. The minimum absolute atomic E-state index is 0.0358. The normalized spacial score (nSPS) is 12.2. The molecule has 0 saturated carbocycles. The molecule has 2 N–H and O–H groups in total. The fraction of sp³-hybridized carbons (Fsp3) is 0.312. The van der Waals surface area contributed by atoms with E-state index in [2.05, 4.69) is 54.2 Å². The van der Waals surface area contributed by atoms with Crippen LogP contribution in [0.2, 0.25) is 0 Å². The molecule has 0 saturated heterocycles. The van der Waals surface area contributed by atoms with E-state index in [4.69, 9.17) is 5.73 Å². The Balaban J connectivity index is 2.18. The van der Waals surface area contributed by atoms with Crippen LogP contribution in [-0.4, -0.2) is 12.0 Å². The Morgan fingerprint density at radius 2 is 2.00 bits per heavy atom. The Morgan fingerprint density at radius 1 is 1.26 bits per heavy atom. The van der Waals surface area contributed by atoms with Gasteiger partial charge in [0.1, 0.15) is 5.82 Å². The average Bonchev–Trinajstić information content (AvgIpc) is 2.41. The lowest BCUT2D eigenvalue weighted by atomic mass is 10.1. The minimum Gasteiger partial charge on any atom is -0.355 e. The van der Waals surface area contributed by atoms with Gasteiger partial charge in [0.05, 0.1) is 0 Å². The molecule has 0 spiro atoms. The van der Waals surface area contributed by atoms with E-state index in [0.717, 1.165) is 17.9 Å². The Bertz CT molecular complexity index is 549. The number of aryl methyl sites for hydroxylation is 1. The number of nitrogens with zero attached hydrogens (tertiary/aromatic N) is 2. The Hall–Kier alpha value is -1.87. The maximum absolute atomic E-state index is 5.91.